The summed E-state index contributed by atoms with van der Waals surface area (Å²) >= 11 is 0. The van der Waals surface area contributed by atoms with Gasteiger partial charge < -0.3 is 19.0 Å². The van der Waals surface area contributed by atoms with Crippen LogP contribution in [0.15, 0.2) is 0 Å². The molecule has 6 heteroatoms. The van der Waals surface area contributed by atoms with E-state index in [1.54, 1.807) is 0 Å². The highest BCUT2D eigenvalue weighted by Gasteiger charge is 2.46. The summed E-state index contributed by atoms with van der Waals surface area (Å²) in [5, 5.41) is 0. The van der Waals surface area contributed by atoms with Crippen molar-refractivity contribution in [1.29, 1.82) is 0 Å². The molecule has 15 heavy (non-hydrogen) atoms. The van der Waals surface area contributed by atoms with Crippen LogP contribution in [-0.2, 0) is 13.3 Å². The lowest BCUT2D eigenvalue weighted by Crippen LogP contribution is -2.60. The van der Waals surface area contributed by atoms with Crippen molar-refractivity contribution in [2.75, 3.05) is 19.8 Å². The Hall–Kier alpha value is 0.347. The molecule has 0 saturated heterocycles. The molecule has 0 aliphatic rings. The molecule has 0 saturated carbocycles. The standard InChI is InChI=1S/C9H23NO3Si.ClH/c1-5-9(10)14(11-6-2,12-7-3)13-8-4;/h9H,5-8,10H2,1-4H3;1H. The average molecular weight is 258 g/mol. The maximum atomic E-state index is 6.00. The number of halogens is 1. The first kappa shape index (κ1) is 17.7. The van der Waals surface area contributed by atoms with Gasteiger partial charge in [-0.25, -0.2) is 0 Å². The number of hydrogen-bond acceptors (Lipinski definition) is 4. The van der Waals surface area contributed by atoms with Crippen LogP contribution in [-0.4, -0.2) is 34.3 Å². The summed E-state index contributed by atoms with van der Waals surface area (Å²) in [5.74, 6) is 0. The fourth-order valence-corrected chi connectivity index (χ4v) is 3.90. The van der Waals surface area contributed by atoms with Crippen molar-refractivity contribution in [3.05, 3.63) is 0 Å². The zero-order chi connectivity index (χ0) is 11.0. The van der Waals surface area contributed by atoms with Gasteiger partial charge in [-0.1, -0.05) is 6.92 Å². The summed E-state index contributed by atoms with van der Waals surface area (Å²) in [4.78, 5) is 0. The summed E-state index contributed by atoms with van der Waals surface area (Å²) in [6.45, 7) is 9.57. The van der Waals surface area contributed by atoms with Gasteiger partial charge in [0.1, 0.15) is 0 Å². The Kier molecular flexibility index (Phi) is 11.3. The Balaban J connectivity index is 0. The van der Waals surface area contributed by atoms with Gasteiger partial charge in [0.2, 0.25) is 0 Å². The molecule has 0 aromatic carbocycles. The zero-order valence-corrected chi connectivity index (χ0v) is 11.9. The smallest absolute Gasteiger partial charge is 0.373 e. The maximum absolute atomic E-state index is 6.00. The van der Waals surface area contributed by atoms with E-state index in [0.717, 1.165) is 6.42 Å². The van der Waals surface area contributed by atoms with Crippen LogP contribution in [0.5, 0.6) is 0 Å². The normalized spacial score (nSPS) is 13.4. The minimum Gasteiger partial charge on any atom is -0.373 e. The lowest BCUT2D eigenvalue weighted by molar-refractivity contribution is 0.0618. The second kappa shape index (κ2) is 9.56. The number of rotatable bonds is 8. The van der Waals surface area contributed by atoms with Gasteiger partial charge in [-0.2, -0.15) is 0 Å². The van der Waals surface area contributed by atoms with Crippen LogP contribution in [0.4, 0.5) is 0 Å². The van der Waals surface area contributed by atoms with Crippen molar-refractivity contribution in [2.45, 2.75) is 39.8 Å². The van der Waals surface area contributed by atoms with Crippen molar-refractivity contribution < 1.29 is 13.3 Å². The van der Waals surface area contributed by atoms with E-state index < -0.39 is 8.80 Å². The monoisotopic (exact) mass is 257 g/mol. The predicted molar refractivity (Wildman–Crippen MR) is 66.1 cm³/mol. The van der Waals surface area contributed by atoms with Crippen LogP contribution in [0.1, 0.15) is 34.1 Å². The van der Waals surface area contributed by atoms with E-state index in [1.807, 2.05) is 27.7 Å². The minimum atomic E-state index is -2.62. The first-order chi connectivity index (χ1) is 6.66. The van der Waals surface area contributed by atoms with Crippen LogP contribution in [0.3, 0.4) is 0 Å². The molecule has 0 fully saturated rings. The third kappa shape index (κ3) is 5.28. The Morgan fingerprint density at radius 2 is 1.27 bits per heavy atom. The molecular formula is C9H24ClNO3Si. The summed E-state index contributed by atoms with van der Waals surface area (Å²) in [5.41, 5.74) is 5.87. The molecule has 0 aliphatic heterocycles. The first-order valence-corrected chi connectivity index (χ1v) is 7.14. The lowest BCUT2D eigenvalue weighted by atomic mass is 10.5. The van der Waals surface area contributed by atoms with Crippen molar-refractivity contribution in [3.63, 3.8) is 0 Å². The molecular weight excluding hydrogens is 234 g/mol. The summed E-state index contributed by atoms with van der Waals surface area (Å²) in [7, 11) is -2.62. The topological polar surface area (TPSA) is 53.7 Å². The van der Waals surface area contributed by atoms with Gasteiger partial charge in [0, 0.05) is 19.8 Å². The van der Waals surface area contributed by atoms with Crippen molar-refractivity contribution in [3.8, 4) is 0 Å². The van der Waals surface area contributed by atoms with E-state index in [4.69, 9.17) is 19.0 Å². The van der Waals surface area contributed by atoms with E-state index in [1.165, 1.54) is 0 Å². The minimum absolute atomic E-state index is 0. The number of hydrogen-bond donors (Lipinski definition) is 1. The maximum Gasteiger partial charge on any atom is 0.518 e. The Labute approximate surface area is 100 Å². The lowest BCUT2D eigenvalue weighted by Gasteiger charge is -2.32. The highest BCUT2D eigenvalue weighted by atomic mass is 35.5. The molecule has 0 aromatic rings. The zero-order valence-electron chi connectivity index (χ0n) is 10.1. The van der Waals surface area contributed by atoms with Crippen molar-refractivity contribution in [1.82, 2.24) is 0 Å². The van der Waals surface area contributed by atoms with Crippen LogP contribution >= 0.6 is 12.4 Å². The van der Waals surface area contributed by atoms with E-state index in [9.17, 15) is 0 Å². The van der Waals surface area contributed by atoms with Gasteiger partial charge in [0.25, 0.3) is 0 Å². The van der Waals surface area contributed by atoms with E-state index in [0.29, 0.717) is 19.8 Å². The third-order valence-electron chi connectivity index (χ3n) is 1.93. The number of nitrogens with two attached hydrogens (primary N) is 1. The van der Waals surface area contributed by atoms with Crippen LogP contribution in [0, 0.1) is 0 Å². The highest BCUT2D eigenvalue weighted by Crippen LogP contribution is 2.15. The van der Waals surface area contributed by atoms with Gasteiger partial charge in [-0.15, -0.1) is 12.4 Å². The molecule has 0 spiro atoms. The Morgan fingerprint density at radius 3 is 1.47 bits per heavy atom. The average Bonchev–Trinajstić information content (AvgIpc) is 2.17. The van der Waals surface area contributed by atoms with Gasteiger partial charge in [0.15, 0.2) is 0 Å². The Bertz CT molecular complexity index is 134. The van der Waals surface area contributed by atoms with Crippen molar-refractivity contribution in [2.24, 2.45) is 5.73 Å². The predicted octanol–water partition coefficient (Wildman–Crippen LogP) is 1.73. The molecule has 0 heterocycles. The van der Waals surface area contributed by atoms with Crippen molar-refractivity contribution >= 4 is 21.2 Å². The molecule has 0 bridgehead atoms. The summed E-state index contributed by atoms with van der Waals surface area (Å²) in [6.07, 6.45) is 0.812. The van der Waals surface area contributed by atoms with Gasteiger partial charge in [-0.3, -0.25) is 0 Å². The molecule has 1 unspecified atom stereocenters. The second-order valence-electron chi connectivity index (χ2n) is 2.92. The Morgan fingerprint density at radius 1 is 0.933 bits per heavy atom. The molecule has 94 valence electrons. The van der Waals surface area contributed by atoms with Crippen LogP contribution in [0.2, 0.25) is 0 Å². The molecule has 0 radical (unpaired) electrons. The SMILES string of the molecule is CCO[Si](OCC)(OCC)C(N)CC.Cl. The van der Waals surface area contributed by atoms with E-state index in [2.05, 4.69) is 0 Å². The quantitative estimate of drug-likeness (QED) is 0.673. The molecule has 0 rings (SSSR count). The molecule has 1 atom stereocenters. The molecule has 0 aliphatic carbocycles. The largest absolute Gasteiger partial charge is 0.518 e. The van der Waals surface area contributed by atoms with Gasteiger partial charge in [-0.05, 0) is 27.2 Å². The highest BCUT2D eigenvalue weighted by molar-refractivity contribution is 6.62. The van der Waals surface area contributed by atoms with Crippen LogP contribution in [0.25, 0.3) is 0 Å². The van der Waals surface area contributed by atoms with E-state index >= 15 is 0 Å². The molecule has 2 N–H and O–H groups in total. The summed E-state index contributed by atoms with van der Waals surface area (Å²) < 4.78 is 16.9. The molecule has 0 aromatic heterocycles. The second-order valence-corrected chi connectivity index (χ2v) is 5.73. The molecule has 0 amide bonds. The summed E-state index contributed by atoms with van der Waals surface area (Å²) in [6, 6.07) is 0. The fourth-order valence-electron chi connectivity index (χ4n) is 1.30. The molecule has 4 nitrogen and oxygen atoms in total. The van der Waals surface area contributed by atoms with Crippen LogP contribution < -0.4 is 5.73 Å². The van der Waals surface area contributed by atoms with Gasteiger partial charge >= 0.3 is 8.80 Å². The first-order valence-electron chi connectivity index (χ1n) is 5.34. The van der Waals surface area contributed by atoms with Gasteiger partial charge in [0.05, 0.1) is 5.67 Å². The fraction of sp³-hybridized carbons (Fsp3) is 1.00. The van der Waals surface area contributed by atoms with E-state index in [-0.39, 0.29) is 18.1 Å². The third-order valence-corrected chi connectivity index (χ3v) is 5.32.